The van der Waals surface area contributed by atoms with E-state index in [2.05, 4.69) is 20.6 Å². The number of rotatable bonds is 13. The number of nitrogens with one attached hydrogen (secondary N) is 1. The summed E-state index contributed by atoms with van der Waals surface area (Å²) in [5, 5.41) is 12.6. The molecule has 0 aromatic carbocycles. The number of nitriles is 1. The van der Waals surface area contributed by atoms with Crippen LogP contribution in [0.15, 0.2) is 6.07 Å². The van der Waals surface area contributed by atoms with Gasteiger partial charge in [0, 0.05) is 33.9 Å². The normalized spacial score (nSPS) is 11.8. The van der Waals surface area contributed by atoms with Crippen molar-refractivity contribution < 1.29 is 30.3 Å². The summed E-state index contributed by atoms with van der Waals surface area (Å²) < 4.78 is 62.6. The SMILES string of the molecule is COCCCNc1cc(C)c(C#N)c(N(C)CCS(=O)(=O)CCOS(=O)(=O)O)n1. The standard InChI is InChI=1S/C16H26N4O7S2/c1-13-11-15(18-5-4-7-26-3)19-16(14(13)12-17)20(2)6-9-28(21,22)10-8-27-29(23,24)25/h11H,4-10H2,1-3H3,(H,18,19)(H,23,24,25). The van der Waals surface area contributed by atoms with Gasteiger partial charge in [0.2, 0.25) is 0 Å². The van der Waals surface area contributed by atoms with Gasteiger partial charge in [-0.05, 0) is 25.0 Å². The van der Waals surface area contributed by atoms with Gasteiger partial charge in [-0.15, -0.1) is 0 Å². The first-order chi connectivity index (χ1) is 13.5. The van der Waals surface area contributed by atoms with Crippen molar-refractivity contribution in [3.63, 3.8) is 0 Å². The molecule has 0 atom stereocenters. The molecule has 0 amide bonds. The zero-order valence-electron chi connectivity index (χ0n) is 16.6. The molecule has 0 spiro atoms. The average molecular weight is 451 g/mol. The van der Waals surface area contributed by atoms with Gasteiger partial charge in [-0.3, -0.25) is 4.55 Å². The minimum absolute atomic E-state index is 0.0302. The van der Waals surface area contributed by atoms with Crippen LogP contribution < -0.4 is 10.2 Å². The molecule has 0 aliphatic heterocycles. The molecule has 0 saturated heterocycles. The fraction of sp³-hybridized carbons (Fsp3) is 0.625. The molecule has 1 aromatic rings. The highest BCUT2D eigenvalue weighted by molar-refractivity contribution is 7.91. The first kappa shape index (κ1) is 25.1. The van der Waals surface area contributed by atoms with E-state index in [4.69, 9.17) is 9.29 Å². The van der Waals surface area contributed by atoms with Crippen LogP contribution in [0, 0.1) is 18.3 Å². The number of pyridine rings is 1. The fourth-order valence-electron chi connectivity index (χ4n) is 2.34. The van der Waals surface area contributed by atoms with E-state index in [1.165, 1.54) is 0 Å². The number of aromatic nitrogens is 1. The molecule has 13 heteroatoms. The Labute approximate surface area is 171 Å². The van der Waals surface area contributed by atoms with E-state index in [1.807, 2.05) is 0 Å². The summed E-state index contributed by atoms with van der Waals surface area (Å²) in [5.74, 6) is 0.0179. The van der Waals surface area contributed by atoms with Crippen molar-refractivity contribution in [2.24, 2.45) is 0 Å². The molecule has 1 heterocycles. The summed E-state index contributed by atoms with van der Waals surface area (Å²) >= 11 is 0. The molecule has 0 unspecified atom stereocenters. The van der Waals surface area contributed by atoms with Crippen LogP contribution in [0.5, 0.6) is 0 Å². The third-order valence-electron chi connectivity index (χ3n) is 3.87. The predicted molar refractivity (Wildman–Crippen MR) is 108 cm³/mol. The molecule has 1 rings (SSSR count). The lowest BCUT2D eigenvalue weighted by atomic mass is 10.1. The van der Waals surface area contributed by atoms with E-state index in [-0.39, 0.29) is 12.3 Å². The zero-order chi connectivity index (χ0) is 22.1. The van der Waals surface area contributed by atoms with Crippen molar-refractivity contribution in [1.82, 2.24) is 4.98 Å². The number of anilines is 2. The maximum Gasteiger partial charge on any atom is 0.397 e. The topological polar surface area (TPSA) is 159 Å². The summed E-state index contributed by atoms with van der Waals surface area (Å²) in [6, 6.07) is 3.82. The molecule has 1 aromatic heterocycles. The van der Waals surface area contributed by atoms with E-state index in [1.54, 1.807) is 32.0 Å². The van der Waals surface area contributed by atoms with Crippen LogP contribution in [-0.4, -0.2) is 78.3 Å². The van der Waals surface area contributed by atoms with Crippen molar-refractivity contribution in [1.29, 1.82) is 5.26 Å². The van der Waals surface area contributed by atoms with Gasteiger partial charge in [0.25, 0.3) is 0 Å². The summed E-state index contributed by atoms with van der Waals surface area (Å²) in [6.07, 6.45) is 0.770. The van der Waals surface area contributed by atoms with Gasteiger partial charge in [-0.25, -0.2) is 17.6 Å². The van der Waals surface area contributed by atoms with Gasteiger partial charge in [-0.1, -0.05) is 0 Å². The van der Waals surface area contributed by atoms with Gasteiger partial charge < -0.3 is 15.0 Å². The van der Waals surface area contributed by atoms with E-state index >= 15 is 0 Å². The summed E-state index contributed by atoms with van der Waals surface area (Å²) in [5.41, 5.74) is 1.03. The van der Waals surface area contributed by atoms with Crippen LogP contribution in [0.3, 0.4) is 0 Å². The molecule has 11 nitrogen and oxygen atoms in total. The molecular weight excluding hydrogens is 424 g/mol. The molecule has 0 aliphatic carbocycles. The molecule has 0 aliphatic rings. The van der Waals surface area contributed by atoms with E-state index in [0.29, 0.717) is 35.9 Å². The molecule has 29 heavy (non-hydrogen) atoms. The van der Waals surface area contributed by atoms with Crippen molar-refractivity contribution in [3.8, 4) is 6.07 Å². The second kappa shape index (κ2) is 11.3. The second-order valence-corrected chi connectivity index (χ2v) is 9.63. The van der Waals surface area contributed by atoms with Crippen molar-refractivity contribution in [2.75, 3.05) is 62.2 Å². The number of hydrogen-bond acceptors (Lipinski definition) is 10. The van der Waals surface area contributed by atoms with Gasteiger partial charge >= 0.3 is 10.4 Å². The number of sulfone groups is 1. The minimum atomic E-state index is -4.69. The first-order valence-corrected chi connectivity index (χ1v) is 11.9. The predicted octanol–water partition coefficient (Wildman–Crippen LogP) is 0.381. The van der Waals surface area contributed by atoms with Crippen LogP contribution in [-0.2, 0) is 29.2 Å². The van der Waals surface area contributed by atoms with Crippen molar-refractivity contribution in [2.45, 2.75) is 13.3 Å². The Balaban J connectivity index is 2.82. The smallest absolute Gasteiger partial charge is 0.385 e. The zero-order valence-corrected chi connectivity index (χ0v) is 18.2. The maximum absolute atomic E-state index is 12.1. The number of aryl methyl sites for hydroxylation is 1. The van der Waals surface area contributed by atoms with Crippen molar-refractivity contribution >= 4 is 31.9 Å². The molecular formula is C16H26N4O7S2. The highest BCUT2D eigenvalue weighted by Crippen LogP contribution is 2.23. The first-order valence-electron chi connectivity index (χ1n) is 8.67. The summed E-state index contributed by atoms with van der Waals surface area (Å²) in [4.78, 5) is 5.97. The summed E-state index contributed by atoms with van der Waals surface area (Å²) in [6.45, 7) is 2.34. The Hall–Kier alpha value is -1.98. The molecule has 0 saturated carbocycles. The van der Waals surface area contributed by atoms with E-state index in [0.717, 1.165) is 6.42 Å². The quantitative estimate of drug-likeness (QED) is 0.316. The average Bonchev–Trinajstić information content (AvgIpc) is 2.61. The third-order valence-corrected chi connectivity index (χ3v) is 5.92. The Morgan fingerprint density at radius 2 is 1.97 bits per heavy atom. The maximum atomic E-state index is 12.1. The fourth-order valence-corrected chi connectivity index (χ4v) is 3.84. The lowest BCUT2D eigenvalue weighted by Gasteiger charge is -2.21. The van der Waals surface area contributed by atoms with Gasteiger partial charge in [0.1, 0.15) is 17.7 Å². The van der Waals surface area contributed by atoms with Crippen LogP contribution in [0.25, 0.3) is 0 Å². The van der Waals surface area contributed by atoms with Crippen LogP contribution in [0.4, 0.5) is 11.6 Å². The molecule has 0 fully saturated rings. The highest BCUT2D eigenvalue weighted by Gasteiger charge is 2.18. The monoisotopic (exact) mass is 450 g/mol. The number of methoxy groups -OCH3 is 1. The molecule has 2 N–H and O–H groups in total. The Morgan fingerprint density at radius 1 is 1.28 bits per heavy atom. The molecule has 0 bridgehead atoms. The lowest BCUT2D eigenvalue weighted by Crippen LogP contribution is -2.29. The van der Waals surface area contributed by atoms with Crippen LogP contribution >= 0.6 is 0 Å². The van der Waals surface area contributed by atoms with Crippen LogP contribution in [0.2, 0.25) is 0 Å². The second-order valence-electron chi connectivity index (χ2n) is 6.23. The molecule has 164 valence electrons. The Morgan fingerprint density at radius 3 is 2.55 bits per heavy atom. The Bertz CT molecular complexity index is 927. The minimum Gasteiger partial charge on any atom is -0.385 e. The number of ether oxygens (including phenoxy) is 1. The van der Waals surface area contributed by atoms with E-state index < -0.39 is 32.6 Å². The third kappa shape index (κ3) is 9.37. The number of hydrogen-bond donors (Lipinski definition) is 2. The van der Waals surface area contributed by atoms with Gasteiger partial charge in [-0.2, -0.15) is 13.7 Å². The van der Waals surface area contributed by atoms with Crippen molar-refractivity contribution in [3.05, 3.63) is 17.2 Å². The van der Waals surface area contributed by atoms with Gasteiger partial charge in [0.15, 0.2) is 9.84 Å². The van der Waals surface area contributed by atoms with E-state index in [9.17, 15) is 22.1 Å². The molecule has 0 radical (unpaired) electrons. The van der Waals surface area contributed by atoms with Crippen LogP contribution in [0.1, 0.15) is 17.5 Å². The summed E-state index contributed by atoms with van der Waals surface area (Å²) in [7, 11) is -5.11. The van der Waals surface area contributed by atoms with Gasteiger partial charge in [0.05, 0.1) is 23.7 Å². The highest BCUT2D eigenvalue weighted by atomic mass is 32.3. The largest absolute Gasteiger partial charge is 0.397 e. The number of nitrogens with zero attached hydrogens (tertiary/aromatic N) is 3. The Kier molecular flexibility index (Phi) is 9.74. The lowest BCUT2D eigenvalue weighted by molar-refractivity contribution is 0.198.